The molecule has 0 saturated carbocycles. The number of cyclic esters (lactones) is 1. The number of hydrogen-bond acceptors (Lipinski definition) is 8. The Morgan fingerprint density at radius 1 is 0.931 bits per heavy atom. The summed E-state index contributed by atoms with van der Waals surface area (Å²) in [5, 5.41) is 10.2. The van der Waals surface area contributed by atoms with E-state index in [1.165, 1.54) is 14.2 Å². The third-order valence-corrected chi connectivity index (χ3v) is 5.72. The minimum Gasteiger partial charge on any atom is -0.502 e. The zero-order chi connectivity index (χ0) is 20.1. The fourth-order valence-electron chi connectivity index (χ4n) is 4.30. The van der Waals surface area contributed by atoms with Crippen molar-refractivity contribution in [3.8, 4) is 28.7 Å². The first kappa shape index (κ1) is 17.9. The number of phenols is 1. The van der Waals surface area contributed by atoms with Gasteiger partial charge >= 0.3 is 5.97 Å². The van der Waals surface area contributed by atoms with Gasteiger partial charge in [-0.1, -0.05) is 6.07 Å². The minimum absolute atomic E-state index is 0.102. The van der Waals surface area contributed by atoms with Crippen molar-refractivity contribution in [1.82, 2.24) is 0 Å². The zero-order valence-electron chi connectivity index (χ0n) is 15.9. The third-order valence-electron chi connectivity index (χ3n) is 5.72. The Kier molecular flexibility index (Phi) is 4.16. The molecule has 2 aromatic carbocycles. The van der Waals surface area contributed by atoms with Crippen LogP contribution in [-0.2, 0) is 14.3 Å². The van der Waals surface area contributed by atoms with E-state index in [1.54, 1.807) is 12.1 Å². The van der Waals surface area contributed by atoms with E-state index in [0.29, 0.717) is 17.1 Å². The summed E-state index contributed by atoms with van der Waals surface area (Å²) in [5.74, 6) is 0.831. The summed E-state index contributed by atoms with van der Waals surface area (Å²) >= 11 is 0. The van der Waals surface area contributed by atoms with Gasteiger partial charge < -0.3 is 33.5 Å². The number of phenolic OH excluding ortho intramolecular Hbond substituents is 1. The van der Waals surface area contributed by atoms with Crippen molar-refractivity contribution in [2.45, 2.75) is 12.2 Å². The molecule has 3 aliphatic rings. The average molecular weight is 400 g/mol. The highest BCUT2D eigenvalue weighted by Crippen LogP contribution is 2.54. The number of fused-ring (bicyclic) bond motifs is 2. The van der Waals surface area contributed by atoms with E-state index in [0.717, 1.165) is 5.56 Å². The molecule has 8 heteroatoms. The fourth-order valence-corrected chi connectivity index (χ4v) is 4.30. The average Bonchev–Trinajstić information content (AvgIpc) is 3.44. The molecule has 0 radical (unpaired) electrons. The summed E-state index contributed by atoms with van der Waals surface area (Å²) in [6, 6.07) is 8.96. The van der Waals surface area contributed by atoms with Gasteiger partial charge in [0.05, 0.1) is 39.0 Å². The first-order valence-corrected chi connectivity index (χ1v) is 9.27. The topological polar surface area (TPSA) is 92.7 Å². The van der Waals surface area contributed by atoms with E-state index < -0.39 is 12.0 Å². The van der Waals surface area contributed by atoms with Gasteiger partial charge in [-0.25, -0.2) is 0 Å². The maximum Gasteiger partial charge on any atom is 0.312 e. The van der Waals surface area contributed by atoms with E-state index in [-0.39, 0.29) is 48.6 Å². The Bertz CT molecular complexity index is 946. The van der Waals surface area contributed by atoms with E-state index in [9.17, 15) is 9.90 Å². The van der Waals surface area contributed by atoms with E-state index in [1.807, 2.05) is 18.2 Å². The van der Waals surface area contributed by atoms with Crippen LogP contribution < -0.4 is 18.9 Å². The second kappa shape index (κ2) is 6.73. The molecule has 0 aliphatic carbocycles. The second-order valence-corrected chi connectivity index (χ2v) is 7.18. The van der Waals surface area contributed by atoms with Crippen LogP contribution in [0.3, 0.4) is 0 Å². The number of carbonyl (C=O) groups is 1. The van der Waals surface area contributed by atoms with Crippen LogP contribution in [0.5, 0.6) is 28.7 Å². The lowest BCUT2D eigenvalue weighted by atomic mass is 9.85. The van der Waals surface area contributed by atoms with Crippen molar-refractivity contribution in [3.63, 3.8) is 0 Å². The van der Waals surface area contributed by atoms with Gasteiger partial charge in [-0.05, 0) is 35.4 Å². The molecule has 0 bridgehead atoms. The van der Waals surface area contributed by atoms with Crippen LogP contribution >= 0.6 is 0 Å². The van der Waals surface area contributed by atoms with Gasteiger partial charge in [0.1, 0.15) is 0 Å². The molecule has 3 heterocycles. The van der Waals surface area contributed by atoms with Crippen LogP contribution in [0, 0.1) is 11.8 Å². The smallest absolute Gasteiger partial charge is 0.312 e. The van der Waals surface area contributed by atoms with Gasteiger partial charge in [0.2, 0.25) is 12.5 Å². The zero-order valence-corrected chi connectivity index (χ0v) is 15.9. The Balaban J connectivity index is 1.54. The van der Waals surface area contributed by atoms with Gasteiger partial charge in [0.25, 0.3) is 0 Å². The summed E-state index contributed by atoms with van der Waals surface area (Å²) < 4.78 is 33.1. The van der Waals surface area contributed by atoms with Gasteiger partial charge in [0.15, 0.2) is 23.0 Å². The van der Waals surface area contributed by atoms with E-state index in [2.05, 4.69) is 0 Å². The number of ether oxygens (including phenoxy) is 6. The largest absolute Gasteiger partial charge is 0.502 e. The molecular formula is C21H20O8. The van der Waals surface area contributed by atoms with Crippen LogP contribution in [0.2, 0.25) is 0 Å². The molecule has 4 atom stereocenters. The molecule has 0 unspecified atom stereocenters. The SMILES string of the molecule is COc1cc([C@H]2O[C@H](c3ccc4c(c3)OCO4)[C@H]3COC(=O)[C@@H]32)cc(OC)c1O. The standard InChI is InChI=1S/C21H20O8/c1-24-15-6-11(7-16(25-2)18(15)22)20-17-12(8-26-21(17)23)19(29-20)10-3-4-13-14(5-10)28-9-27-13/h3-7,12,17,19-20,22H,8-9H2,1-2H3/t12-,17-,19+,20+/m0/s1. The second-order valence-electron chi connectivity index (χ2n) is 7.18. The summed E-state index contributed by atoms with van der Waals surface area (Å²) in [6.07, 6.45) is -0.912. The Hall–Kier alpha value is -3.13. The van der Waals surface area contributed by atoms with Crippen molar-refractivity contribution in [2.75, 3.05) is 27.6 Å². The Morgan fingerprint density at radius 3 is 2.38 bits per heavy atom. The van der Waals surface area contributed by atoms with Crippen molar-refractivity contribution >= 4 is 5.97 Å². The van der Waals surface area contributed by atoms with Crippen molar-refractivity contribution in [2.24, 2.45) is 11.8 Å². The van der Waals surface area contributed by atoms with Crippen molar-refractivity contribution in [3.05, 3.63) is 41.5 Å². The molecular weight excluding hydrogens is 380 g/mol. The number of benzene rings is 2. The molecule has 2 saturated heterocycles. The van der Waals surface area contributed by atoms with Crippen LogP contribution in [0.15, 0.2) is 30.3 Å². The molecule has 2 aromatic rings. The highest BCUT2D eigenvalue weighted by Gasteiger charge is 2.54. The molecule has 2 fully saturated rings. The number of esters is 1. The fraction of sp³-hybridized carbons (Fsp3) is 0.381. The highest BCUT2D eigenvalue weighted by molar-refractivity contribution is 5.76. The van der Waals surface area contributed by atoms with Gasteiger partial charge in [-0.3, -0.25) is 4.79 Å². The van der Waals surface area contributed by atoms with Gasteiger partial charge in [-0.15, -0.1) is 0 Å². The normalized spacial score (nSPS) is 26.9. The lowest BCUT2D eigenvalue weighted by molar-refractivity contribution is -0.145. The molecule has 8 nitrogen and oxygen atoms in total. The lowest BCUT2D eigenvalue weighted by Crippen LogP contribution is -2.18. The molecule has 0 spiro atoms. The first-order chi connectivity index (χ1) is 14.1. The quantitative estimate of drug-likeness (QED) is 0.784. The number of carbonyl (C=O) groups excluding carboxylic acids is 1. The van der Waals surface area contributed by atoms with Crippen molar-refractivity contribution in [1.29, 1.82) is 0 Å². The van der Waals surface area contributed by atoms with E-state index in [4.69, 9.17) is 28.4 Å². The monoisotopic (exact) mass is 400 g/mol. The highest BCUT2D eigenvalue weighted by atomic mass is 16.7. The summed E-state index contributed by atoms with van der Waals surface area (Å²) in [4.78, 5) is 12.5. The molecule has 0 amide bonds. The van der Waals surface area contributed by atoms with Crippen LogP contribution in [0.25, 0.3) is 0 Å². The predicted octanol–water partition coefficient (Wildman–Crippen LogP) is 2.74. The maximum atomic E-state index is 12.5. The molecule has 152 valence electrons. The number of methoxy groups -OCH3 is 2. The number of rotatable bonds is 4. The first-order valence-electron chi connectivity index (χ1n) is 9.27. The van der Waals surface area contributed by atoms with Gasteiger partial charge in [0, 0.05) is 5.92 Å². The van der Waals surface area contributed by atoms with Crippen LogP contribution in [0.4, 0.5) is 0 Å². The molecule has 5 rings (SSSR count). The third kappa shape index (κ3) is 2.74. The molecule has 1 N–H and O–H groups in total. The molecule has 29 heavy (non-hydrogen) atoms. The minimum atomic E-state index is -0.561. The summed E-state index contributed by atoms with van der Waals surface area (Å²) in [5.41, 5.74) is 1.57. The maximum absolute atomic E-state index is 12.5. The van der Waals surface area contributed by atoms with Crippen molar-refractivity contribution < 1.29 is 38.3 Å². The summed E-state index contributed by atoms with van der Waals surface area (Å²) in [7, 11) is 2.91. The Labute approximate surface area is 166 Å². The Morgan fingerprint density at radius 2 is 1.66 bits per heavy atom. The van der Waals surface area contributed by atoms with Gasteiger partial charge in [-0.2, -0.15) is 0 Å². The predicted molar refractivity (Wildman–Crippen MR) is 98.3 cm³/mol. The van der Waals surface area contributed by atoms with Crippen LogP contribution in [-0.4, -0.2) is 38.7 Å². The summed E-state index contributed by atoms with van der Waals surface area (Å²) in [6.45, 7) is 0.471. The molecule has 3 aliphatic heterocycles. The number of hydrogen-bond donors (Lipinski definition) is 1. The van der Waals surface area contributed by atoms with E-state index >= 15 is 0 Å². The lowest BCUT2D eigenvalue weighted by Gasteiger charge is -2.20. The van der Waals surface area contributed by atoms with Crippen LogP contribution in [0.1, 0.15) is 23.3 Å². The number of aromatic hydroxyl groups is 1. The molecule has 0 aromatic heterocycles.